The molecule has 3 unspecified atom stereocenters. The molecule has 0 aliphatic carbocycles. The lowest BCUT2D eigenvalue weighted by atomic mass is 10.0. The third-order valence-electron chi connectivity index (χ3n) is 3.37. The van der Waals surface area contributed by atoms with Gasteiger partial charge in [0.15, 0.2) is 0 Å². The standard InChI is InChI=1S/C16H17F2NOS/c1-2-14(16(19)11-6-4-3-5-7-11)21(20)15-9-8-12(17)10-13(15)18/h3-10,14,16H,2,19H2,1H3. The Bertz CT molecular complexity index is 633. The van der Waals surface area contributed by atoms with Crippen molar-refractivity contribution in [2.45, 2.75) is 29.5 Å². The summed E-state index contributed by atoms with van der Waals surface area (Å²) in [7, 11) is -1.64. The van der Waals surface area contributed by atoms with Crippen LogP contribution in [0.15, 0.2) is 53.4 Å². The molecule has 0 aromatic heterocycles. The summed E-state index contributed by atoms with van der Waals surface area (Å²) in [6, 6.07) is 11.9. The van der Waals surface area contributed by atoms with Gasteiger partial charge in [0.2, 0.25) is 0 Å². The summed E-state index contributed by atoms with van der Waals surface area (Å²) in [4.78, 5) is -0.00497. The van der Waals surface area contributed by atoms with Crippen LogP contribution in [0.25, 0.3) is 0 Å². The van der Waals surface area contributed by atoms with E-state index in [-0.39, 0.29) is 4.90 Å². The molecule has 2 nitrogen and oxygen atoms in total. The second-order valence-corrected chi connectivity index (χ2v) is 6.40. The fourth-order valence-corrected chi connectivity index (χ4v) is 3.74. The van der Waals surface area contributed by atoms with Crippen molar-refractivity contribution < 1.29 is 13.0 Å². The molecule has 0 heterocycles. The molecule has 2 rings (SSSR count). The molecule has 0 spiro atoms. The first-order chi connectivity index (χ1) is 10.0. The predicted molar refractivity (Wildman–Crippen MR) is 80.2 cm³/mol. The molecule has 2 aromatic rings. The Balaban J connectivity index is 2.30. The highest BCUT2D eigenvalue weighted by atomic mass is 32.2. The molecule has 0 amide bonds. The van der Waals surface area contributed by atoms with E-state index in [1.165, 1.54) is 6.07 Å². The van der Waals surface area contributed by atoms with Gasteiger partial charge in [0, 0.05) is 12.1 Å². The van der Waals surface area contributed by atoms with E-state index in [1.54, 1.807) is 0 Å². The molecule has 21 heavy (non-hydrogen) atoms. The minimum atomic E-state index is -1.64. The Kier molecular flexibility index (Phi) is 5.20. The van der Waals surface area contributed by atoms with E-state index in [0.717, 1.165) is 17.7 Å². The van der Waals surface area contributed by atoms with Crippen LogP contribution >= 0.6 is 0 Å². The molecule has 0 aliphatic heterocycles. The van der Waals surface area contributed by atoms with Crippen LogP contribution in [0.5, 0.6) is 0 Å². The van der Waals surface area contributed by atoms with E-state index in [1.807, 2.05) is 37.3 Å². The third-order valence-corrected chi connectivity index (χ3v) is 5.31. The van der Waals surface area contributed by atoms with Crippen molar-refractivity contribution in [3.05, 3.63) is 65.7 Å². The van der Waals surface area contributed by atoms with Gasteiger partial charge in [-0.2, -0.15) is 0 Å². The molecule has 0 saturated carbocycles. The molecule has 0 aliphatic rings. The van der Waals surface area contributed by atoms with Crippen molar-refractivity contribution in [2.24, 2.45) is 5.73 Å². The van der Waals surface area contributed by atoms with E-state index >= 15 is 0 Å². The van der Waals surface area contributed by atoms with Crippen LogP contribution in [0, 0.1) is 11.6 Å². The van der Waals surface area contributed by atoms with E-state index < -0.39 is 33.7 Å². The Hall–Kier alpha value is -1.59. The number of halogens is 2. The zero-order valence-electron chi connectivity index (χ0n) is 11.6. The van der Waals surface area contributed by atoms with E-state index in [0.29, 0.717) is 6.42 Å². The molecule has 0 bridgehead atoms. The number of benzene rings is 2. The summed E-state index contributed by atoms with van der Waals surface area (Å²) in [5, 5.41) is -0.438. The molecule has 0 fully saturated rings. The van der Waals surface area contributed by atoms with Gasteiger partial charge in [0.1, 0.15) is 11.6 Å². The lowest BCUT2D eigenvalue weighted by molar-refractivity contribution is 0.557. The quantitative estimate of drug-likeness (QED) is 0.918. The maximum Gasteiger partial charge on any atom is 0.142 e. The number of hydrogen-bond acceptors (Lipinski definition) is 2. The fourth-order valence-electron chi connectivity index (χ4n) is 2.23. The van der Waals surface area contributed by atoms with E-state index in [2.05, 4.69) is 0 Å². The highest BCUT2D eigenvalue weighted by Crippen LogP contribution is 2.26. The molecule has 2 N–H and O–H groups in total. The Morgan fingerprint density at radius 2 is 1.81 bits per heavy atom. The summed E-state index contributed by atoms with van der Waals surface area (Å²) < 4.78 is 39.3. The lowest BCUT2D eigenvalue weighted by Gasteiger charge is -2.22. The average molecular weight is 309 g/mol. The van der Waals surface area contributed by atoms with Crippen LogP contribution in [0.1, 0.15) is 24.9 Å². The Morgan fingerprint density at radius 1 is 1.14 bits per heavy atom. The molecule has 5 heteroatoms. The molecular formula is C16H17F2NOS. The molecule has 0 radical (unpaired) electrons. The SMILES string of the molecule is CCC(C(N)c1ccccc1)S(=O)c1ccc(F)cc1F. The molecule has 3 atom stereocenters. The van der Waals surface area contributed by atoms with E-state index in [4.69, 9.17) is 5.73 Å². The van der Waals surface area contributed by atoms with Crippen LogP contribution in [0.3, 0.4) is 0 Å². The monoisotopic (exact) mass is 309 g/mol. The first kappa shape index (κ1) is 15.8. The fraction of sp³-hybridized carbons (Fsp3) is 0.250. The van der Waals surface area contributed by atoms with Crippen molar-refractivity contribution in [1.29, 1.82) is 0 Å². The number of rotatable bonds is 5. The molecule has 2 aromatic carbocycles. The molecule has 112 valence electrons. The maximum absolute atomic E-state index is 13.8. The summed E-state index contributed by atoms with van der Waals surface area (Å²) in [6.07, 6.45) is 0.527. The van der Waals surface area contributed by atoms with Crippen LogP contribution < -0.4 is 5.73 Å². The van der Waals surface area contributed by atoms with Gasteiger partial charge in [-0.1, -0.05) is 37.3 Å². The van der Waals surface area contributed by atoms with Gasteiger partial charge in [-0.3, -0.25) is 4.21 Å². The first-order valence-electron chi connectivity index (χ1n) is 6.70. The first-order valence-corrected chi connectivity index (χ1v) is 7.92. The average Bonchev–Trinajstić information content (AvgIpc) is 2.48. The van der Waals surface area contributed by atoms with Crippen molar-refractivity contribution in [1.82, 2.24) is 0 Å². The van der Waals surface area contributed by atoms with Crippen molar-refractivity contribution in [2.75, 3.05) is 0 Å². The van der Waals surface area contributed by atoms with Gasteiger partial charge >= 0.3 is 0 Å². The minimum Gasteiger partial charge on any atom is -0.323 e. The van der Waals surface area contributed by atoms with Crippen LogP contribution in [0.2, 0.25) is 0 Å². The second kappa shape index (κ2) is 6.91. The zero-order chi connectivity index (χ0) is 15.4. The van der Waals surface area contributed by atoms with Crippen molar-refractivity contribution in [3.8, 4) is 0 Å². The number of nitrogens with two attached hydrogens (primary N) is 1. The van der Waals surface area contributed by atoms with Gasteiger partial charge in [-0.25, -0.2) is 8.78 Å². The van der Waals surface area contributed by atoms with Gasteiger partial charge in [-0.05, 0) is 24.1 Å². The molecule has 0 saturated heterocycles. The highest BCUT2D eigenvalue weighted by Gasteiger charge is 2.26. The summed E-state index contributed by atoms with van der Waals surface area (Å²) in [5.74, 6) is -1.49. The maximum atomic E-state index is 13.8. The lowest BCUT2D eigenvalue weighted by Crippen LogP contribution is -2.30. The largest absolute Gasteiger partial charge is 0.323 e. The van der Waals surface area contributed by atoms with Crippen molar-refractivity contribution in [3.63, 3.8) is 0 Å². The van der Waals surface area contributed by atoms with Crippen molar-refractivity contribution >= 4 is 10.8 Å². The summed E-state index contributed by atoms with van der Waals surface area (Å²) >= 11 is 0. The van der Waals surface area contributed by atoms with E-state index in [9.17, 15) is 13.0 Å². The molecular weight excluding hydrogens is 292 g/mol. The Labute approximate surface area is 125 Å². The topological polar surface area (TPSA) is 43.1 Å². The normalized spacial score (nSPS) is 15.4. The summed E-state index contributed by atoms with van der Waals surface area (Å²) in [6.45, 7) is 1.85. The number of hydrogen-bond donors (Lipinski definition) is 1. The van der Waals surface area contributed by atoms with Crippen LogP contribution in [0.4, 0.5) is 8.78 Å². The zero-order valence-corrected chi connectivity index (χ0v) is 12.4. The smallest absolute Gasteiger partial charge is 0.142 e. The van der Waals surface area contributed by atoms with Crippen LogP contribution in [-0.2, 0) is 10.8 Å². The second-order valence-electron chi connectivity index (χ2n) is 4.76. The Morgan fingerprint density at radius 3 is 2.38 bits per heavy atom. The minimum absolute atomic E-state index is 0.00497. The summed E-state index contributed by atoms with van der Waals surface area (Å²) in [5.41, 5.74) is 7.03. The predicted octanol–water partition coefficient (Wildman–Crippen LogP) is 3.55. The van der Waals surface area contributed by atoms with Crippen LogP contribution in [-0.4, -0.2) is 9.46 Å². The van der Waals surface area contributed by atoms with Gasteiger partial charge in [0.05, 0.1) is 20.9 Å². The van der Waals surface area contributed by atoms with Gasteiger partial charge in [-0.15, -0.1) is 0 Å². The van der Waals surface area contributed by atoms with Gasteiger partial charge in [0.25, 0.3) is 0 Å². The third kappa shape index (κ3) is 3.54. The van der Waals surface area contributed by atoms with Gasteiger partial charge < -0.3 is 5.73 Å². The highest BCUT2D eigenvalue weighted by molar-refractivity contribution is 7.85.